The van der Waals surface area contributed by atoms with Crippen LogP contribution in [0.1, 0.15) is 26.3 Å². The van der Waals surface area contributed by atoms with Crippen molar-refractivity contribution in [2.75, 3.05) is 9.80 Å². The summed E-state index contributed by atoms with van der Waals surface area (Å²) in [6.07, 6.45) is 0. The van der Waals surface area contributed by atoms with Gasteiger partial charge < -0.3 is 18.7 Å². The first-order valence-electron chi connectivity index (χ1n) is 23.4. The third-order valence-corrected chi connectivity index (χ3v) is 14.4. The molecule has 0 saturated heterocycles. The maximum absolute atomic E-state index is 7.22. The monoisotopic (exact) mass is 857 g/mol. The standard InChI is InChI=1S/C62H44BN3O/c1-62(2,3)42-30-32-54(49(36-42)39-18-7-4-8-19-39)65-55-33-31-45(64(43-22-9-5-10-23-43)44-24-11-6-12-25-44)37-53(55)63-58-51(38-52-46-26-15-16-29-57(46)67-61(52)60(58)65)48-28-17-27-47-50-34-40-20-13-14-21-41(40)35-56(50)66(63)59(47)48/h4-38H,1-3H3. The molecule has 0 spiro atoms. The second-order valence-corrected chi connectivity index (χ2v) is 19.3. The van der Waals surface area contributed by atoms with Crippen LogP contribution in [-0.2, 0) is 5.41 Å². The summed E-state index contributed by atoms with van der Waals surface area (Å²) in [5.74, 6) is 0. The molecule has 2 aliphatic rings. The van der Waals surface area contributed by atoms with Crippen LogP contribution in [0.4, 0.5) is 34.1 Å². The van der Waals surface area contributed by atoms with Gasteiger partial charge in [-0.05, 0) is 123 Å². The highest BCUT2D eigenvalue weighted by atomic mass is 16.3. The molecule has 2 aliphatic heterocycles. The minimum atomic E-state index is -0.202. The predicted molar refractivity (Wildman–Crippen MR) is 284 cm³/mol. The van der Waals surface area contributed by atoms with Crippen LogP contribution in [0, 0.1) is 0 Å². The Morgan fingerprint density at radius 2 is 1.13 bits per heavy atom. The Bertz CT molecular complexity index is 3940. The van der Waals surface area contributed by atoms with Crippen molar-refractivity contribution in [1.82, 2.24) is 4.48 Å². The van der Waals surface area contributed by atoms with Crippen LogP contribution in [0.25, 0.3) is 76.8 Å². The summed E-state index contributed by atoms with van der Waals surface area (Å²) in [5, 5.41) is 7.23. The Morgan fingerprint density at radius 3 is 1.88 bits per heavy atom. The lowest BCUT2D eigenvalue weighted by atomic mass is 9.45. The first-order chi connectivity index (χ1) is 32.9. The van der Waals surface area contributed by atoms with Gasteiger partial charge in [0, 0.05) is 66.5 Å². The lowest BCUT2D eigenvalue weighted by Crippen LogP contribution is -2.56. The fourth-order valence-corrected chi connectivity index (χ4v) is 11.4. The van der Waals surface area contributed by atoms with Crippen LogP contribution in [0.2, 0.25) is 0 Å². The molecule has 0 amide bonds. The number of furan rings is 1. The Morgan fingerprint density at radius 1 is 0.478 bits per heavy atom. The van der Waals surface area contributed by atoms with Crippen LogP contribution < -0.4 is 20.7 Å². The highest BCUT2D eigenvalue weighted by Crippen LogP contribution is 2.52. The molecule has 0 bridgehead atoms. The molecule has 0 radical (unpaired) electrons. The van der Waals surface area contributed by atoms with Gasteiger partial charge in [0.1, 0.15) is 5.58 Å². The van der Waals surface area contributed by atoms with Crippen molar-refractivity contribution < 1.29 is 4.42 Å². The highest BCUT2D eigenvalue weighted by Gasteiger charge is 2.45. The lowest BCUT2D eigenvalue weighted by molar-refractivity contribution is 0.590. The zero-order chi connectivity index (χ0) is 44.5. The van der Waals surface area contributed by atoms with Crippen molar-refractivity contribution >= 4 is 106 Å². The van der Waals surface area contributed by atoms with Crippen LogP contribution in [0.5, 0.6) is 0 Å². The number of nitrogens with zero attached hydrogens (tertiary/aromatic N) is 3. The number of fused-ring (bicyclic) bond motifs is 12. The summed E-state index contributed by atoms with van der Waals surface area (Å²) < 4.78 is 9.89. The zero-order valence-corrected chi connectivity index (χ0v) is 37.5. The molecule has 14 rings (SSSR count). The van der Waals surface area contributed by atoms with Crippen molar-refractivity contribution in [3.05, 3.63) is 218 Å². The molecule has 0 unspecified atom stereocenters. The van der Waals surface area contributed by atoms with Gasteiger partial charge >= 0.3 is 6.85 Å². The fraction of sp³-hybridized carbons (Fsp3) is 0.0645. The Balaban J connectivity index is 1.17. The van der Waals surface area contributed by atoms with Crippen molar-refractivity contribution in [3.63, 3.8) is 0 Å². The second-order valence-electron chi connectivity index (χ2n) is 19.3. The number of hydrogen-bond acceptors (Lipinski definition) is 3. The third kappa shape index (κ3) is 5.55. The van der Waals surface area contributed by atoms with E-state index in [2.05, 4.69) is 247 Å². The molecule has 4 nitrogen and oxygen atoms in total. The van der Waals surface area contributed by atoms with E-state index < -0.39 is 0 Å². The van der Waals surface area contributed by atoms with E-state index in [9.17, 15) is 0 Å². The van der Waals surface area contributed by atoms with E-state index in [1.165, 1.54) is 71.3 Å². The first-order valence-corrected chi connectivity index (χ1v) is 23.4. The summed E-state index contributed by atoms with van der Waals surface area (Å²) in [4.78, 5) is 4.94. The average molecular weight is 858 g/mol. The molecule has 10 aromatic carbocycles. The second kappa shape index (κ2) is 14.1. The van der Waals surface area contributed by atoms with Crippen LogP contribution in [0.3, 0.4) is 0 Å². The molecular weight excluding hydrogens is 814 g/mol. The number of aromatic nitrogens is 1. The maximum atomic E-state index is 7.22. The molecule has 67 heavy (non-hydrogen) atoms. The summed E-state index contributed by atoms with van der Waals surface area (Å²) >= 11 is 0. The van der Waals surface area contributed by atoms with Crippen LogP contribution in [-0.4, -0.2) is 11.3 Å². The molecule has 0 atom stereocenters. The summed E-state index contributed by atoms with van der Waals surface area (Å²) in [6.45, 7) is 6.71. The van der Waals surface area contributed by atoms with Gasteiger partial charge in [0.25, 0.3) is 0 Å². The molecule has 0 fully saturated rings. The van der Waals surface area contributed by atoms with E-state index >= 15 is 0 Å². The number of anilines is 6. The summed E-state index contributed by atoms with van der Waals surface area (Å²) in [5.41, 5.74) is 19.4. The van der Waals surface area contributed by atoms with Crippen molar-refractivity contribution in [3.8, 4) is 22.3 Å². The quantitative estimate of drug-likeness (QED) is 0.161. The topological polar surface area (TPSA) is 24.6 Å². The van der Waals surface area contributed by atoms with Crippen molar-refractivity contribution in [1.29, 1.82) is 0 Å². The molecule has 5 heteroatoms. The van der Waals surface area contributed by atoms with Crippen LogP contribution in [0.15, 0.2) is 217 Å². The van der Waals surface area contributed by atoms with Gasteiger partial charge in [-0.1, -0.05) is 154 Å². The molecule has 4 heterocycles. The molecule has 12 aromatic rings. The summed E-state index contributed by atoms with van der Waals surface area (Å²) in [6, 6.07) is 78.3. The largest absolute Gasteiger partial charge is 0.454 e. The molecular formula is C62H44BN3O. The van der Waals surface area contributed by atoms with Crippen molar-refractivity contribution in [2.45, 2.75) is 26.2 Å². The SMILES string of the molecule is CC(C)(C)c1ccc(N2c3ccc(N(c4ccccc4)c4ccccc4)cc3B3c4c(cc5c(oc6ccccc65)c42)-c2cccc4c5cc6ccccc6cc5n3c24)c(-c2ccccc2)c1. The molecule has 0 N–H and O–H groups in total. The Hall–Kier alpha value is -8.28. The summed E-state index contributed by atoms with van der Waals surface area (Å²) in [7, 11) is 0. The molecule has 0 aliphatic carbocycles. The molecule has 2 aromatic heterocycles. The van der Waals surface area contributed by atoms with Gasteiger partial charge in [-0.2, -0.15) is 0 Å². The fourth-order valence-electron chi connectivity index (χ4n) is 11.4. The molecule has 0 saturated carbocycles. The normalized spacial score (nSPS) is 12.9. The third-order valence-electron chi connectivity index (χ3n) is 14.4. The van der Waals surface area contributed by atoms with E-state index in [1.807, 2.05) is 0 Å². The zero-order valence-electron chi connectivity index (χ0n) is 37.5. The van der Waals surface area contributed by atoms with E-state index in [1.54, 1.807) is 0 Å². The number of hydrogen-bond donors (Lipinski definition) is 0. The van der Waals surface area contributed by atoms with E-state index in [-0.39, 0.29) is 12.3 Å². The minimum absolute atomic E-state index is 0.0627. The van der Waals surface area contributed by atoms with Gasteiger partial charge in [0.05, 0.1) is 11.4 Å². The van der Waals surface area contributed by atoms with Gasteiger partial charge in [0.15, 0.2) is 5.58 Å². The predicted octanol–water partition coefficient (Wildman–Crippen LogP) is 15.7. The lowest BCUT2D eigenvalue weighted by Gasteiger charge is -2.41. The van der Waals surface area contributed by atoms with E-state index in [0.29, 0.717) is 0 Å². The van der Waals surface area contributed by atoms with Gasteiger partial charge in [-0.15, -0.1) is 0 Å². The number of rotatable bonds is 5. The average Bonchev–Trinajstić information content (AvgIpc) is 3.90. The number of para-hydroxylation sites is 4. The van der Waals surface area contributed by atoms with Gasteiger partial charge in [-0.25, -0.2) is 0 Å². The Kier molecular flexibility index (Phi) is 8.01. The minimum Gasteiger partial charge on any atom is -0.454 e. The van der Waals surface area contributed by atoms with E-state index in [4.69, 9.17) is 4.42 Å². The van der Waals surface area contributed by atoms with Crippen LogP contribution >= 0.6 is 0 Å². The van der Waals surface area contributed by atoms with Gasteiger partial charge in [-0.3, -0.25) is 0 Å². The smallest absolute Gasteiger partial charge is 0.333 e. The van der Waals surface area contributed by atoms with Gasteiger partial charge in [0.2, 0.25) is 0 Å². The first kappa shape index (κ1) is 38.0. The molecule has 316 valence electrons. The van der Waals surface area contributed by atoms with E-state index in [0.717, 1.165) is 56.1 Å². The maximum Gasteiger partial charge on any atom is 0.333 e. The number of benzene rings is 10. The Labute approximate surface area is 389 Å². The highest BCUT2D eigenvalue weighted by molar-refractivity contribution is 6.90. The van der Waals surface area contributed by atoms with Crippen molar-refractivity contribution in [2.24, 2.45) is 0 Å².